The molecule has 2 heterocycles. The Kier molecular flexibility index (Phi) is 7.94. The van der Waals surface area contributed by atoms with E-state index in [0.29, 0.717) is 17.3 Å². The molecule has 0 radical (unpaired) electrons. The van der Waals surface area contributed by atoms with Gasteiger partial charge >= 0.3 is 0 Å². The smallest absolute Gasteiger partial charge is 0.226 e. The summed E-state index contributed by atoms with van der Waals surface area (Å²) in [5.41, 5.74) is 0.885. The first-order valence-electron chi connectivity index (χ1n) is 7.24. The summed E-state index contributed by atoms with van der Waals surface area (Å²) in [5.74, 6) is 1.72. The standard InChI is InChI=1S/C14H19N3OS4/c1-10-13(19-9-7-15)21-14(16-10)17-12(18)5-3-2-4-11-6-8-20-22-11/h11H,2-6,8-9H2,1H3,(H,16,17,18). The Morgan fingerprint density at radius 1 is 1.55 bits per heavy atom. The van der Waals surface area contributed by atoms with Gasteiger partial charge in [0.15, 0.2) is 5.13 Å². The number of aryl methyl sites for hydroxylation is 1. The third-order valence-corrected chi connectivity index (χ3v) is 8.48. The van der Waals surface area contributed by atoms with Crippen molar-refractivity contribution < 1.29 is 4.79 Å². The highest BCUT2D eigenvalue weighted by molar-refractivity contribution is 8.77. The molecule has 1 aromatic rings. The van der Waals surface area contributed by atoms with Crippen LogP contribution >= 0.6 is 44.7 Å². The van der Waals surface area contributed by atoms with E-state index in [4.69, 9.17) is 5.26 Å². The van der Waals surface area contributed by atoms with Crippen LogP contribution in [-0.2, 0) is 4.79 Å². The van der Waals surface area contributed by atoms with Gasteiger partial charge in [-0.2, -0.15) is 5.26 Å². The van der Waals surface area contributed by atoms with Crippen LogP contribution in [0.4, 0.5) is 5.13 Å². The monoisotopic (exact) mass is 373 g/mol. The van der Waals surface area contributed by atoms with Crippen LogP contribution in [0.5, 0.6) is 0 Å². The Balaban J connectivity index is 1.66. The number of carbonyl (C=O) groups excluding carboxylic acids is 1. The van der Waals surface area contributed by atoms with E-state index in [-0.39, 0.29) is 5.91 Å². The van der Waals surface area contributed by atoms with Crippen molar-refractivity contribution in [2.24, 2.45) is 0 Å². The van der Waals surface area contributed by atoms with Crippen LogP contribution in [0.15, 0.2) is 4.21 Å². The lowest BCUT2D eigenvalue weighted by Gasteiger charge is -2.06. The third kappa shape index (κ3) is 6.03. The van der Waals surface area contributed by atoms with E-state index < -0.39 is 0 Å². The number of carbonyl (C=O) groups is 1. The average Bonchev–Trinajstić information content (AvgIpc) is 3.11. The molecule has 4 nitrogen and oxygen atoms in total. The van der Waals surface area contributed by atoms with Gasteiger partial charge in [-0.3, -0.25) is 4.79 Å². The lowest BCUT2D eigenvalue weighted by molar-refractivity contribution is -0.116. The number of nitrogens with one attached hydrogen (secondary N) is 1. The summed E-state index contributed by atoms with van der Waals surface area (Å²) in [6.45, 7) is 1.91. The molecule has 1 fully saturated rings. The number of anilines is 1. The number of hydrogen-bond acceptors (Lipinski definition) is 7. The molecule has 0 bridgehead atoms. The Bertz CT molecular complexity index is 535. The molecule has 8 heteroatoms. The molecule has 1 amide bonds. The van der Waals surface area contributed by atoms with Gasteiger partial charge in [0.2, 0.25) is 5.91 Å². The molecule has 1 N–H and O–H groups in total. The van der Waals surface area contributed by atoms with Gasteiger partial charge in [-0.1, -0.05) is 51.1 Å². The minimum absolute atomic E-state index is 0.0408. The van der Waals surface area contributed by atoms with E-state index in [2.05, 4.69) is 16.4 Å². The first-order valence-corrected chi connectivity index (χ1v) is 11.4. The number of nitrogens with zero attached hydrogens (tertiary/aromatic N) is 2. The quantitative estimate of drug-likeness (QED) is 0.404. The minimum atomic E-state index is 0.0408. The van der Waals surface area contributed by atoms with Gasteiger partial charge < -0.3 is 5.32 Å². The SMILES string of the molecule is Cc1nc(NC(=O)CCCCC2CCSS2)sc1SCC#N. The number of hydrogen-bond donors (Lipinski definition) is 1. The minimum Gasteiger partial charge on any atom is -0.302 e. The van der Waals surface area contributed by atoms with Crippen LogP contribution in [0.3, 0.4) is 0 Å². The van der Waals surface area contributed by atoms with Crippen LogP contribution in [0, 0.1) is 18.3 Å². The first-order chi connectivity index (χ1) is 10.7. The highest BCUT2D eigenvalue weighted by Crippen LogP contribution is 2.40. The van der Waals surface area contributed by atoms with Crippen molar-refractivity contribution in [1.29, 1.82) is 5.26 Å². The molecule has 1 aromatic heterocycles. The number of rotatable bonds is 8. The van der Waals surface area contributed by atoms with Crippen molar-refractivity contribution in [1.82, 2.24) is 4.98 Å². The number of thioether (sulfide) groups is 1. The molecule has 1 aliphatic heterocycles. The molecule has 1 aliphatic rings. The van der Waals surface area contributed by atoms with E-state index in [1.165, 1.54) is 41.7 Å². The molecule has 22 heavy (non-hydrogen) atoms. The van der Waals surface area contributed by atoms with Gasteiger partial charge in [0.05, 0.1) is 21.7 Å². The maximum atomic E-state index is 11.9. The molecule has 1 unspecified atom stereocenters. The maximum Gasteiger partial charge on any atom is 0.226 e. The molecule has 1 saturated heterocycles. The fraction of sp³-hybridized carbons (Fsp3) is 0.643. The maximum absolute atomic E-state index is 11.9. The number of thiazole rings is 1. The molecule has 0 saturated carbocycles. The molecular formula is C14H19N3OS4. The number of nitriles is 1. The van der Waals surface area contributed by atoms with E-state index in [9.17, 15) is 4.79 Å². The molecule has 2 rings (SSSR count). The topological polar surface area (TPSA) is 65.8 Å². The fourth-order valence-corrected chi connectivity index (χ4v) is 6.91. The predicted molar refractivity (Wildman–Crippen MR) is 98.7 cm³/mol. The zero-order valence-corrected chi connectivity index (χ0v) is 15.7. The van der Waals surface area contributed by atoms with Crippen molar-refractivity contribution in [3.05, 3.63) is 5.69 Å². The molecule has 120 valence electrons. The van der Waals surface area contributed by atoms with Gasteiger partial charge in [-0.15, -0.1) is 0 Å². The van der Waals surface area contributed by atoms with Crippen LogP contribution in [0.25, 0.3) is 0 Å². The second-order valence-corrected chi connectivity index (χ2v) is 9.99. The summed E-state index contributed by atoms with van der Waals surface area (Å²) in [4.78, 5) is 16.3. The average molecular weight is 374 g/mol. The summed E-state index contributed by atoms with van der Waals surface area (Å²) < 4.78 is 1.01. The summed E-state index contributed by atoms with van der Waals surface area (Å²) in [6, 6.07) is 2.10. The van der Waals surface area contributed by atoms with E-state index in [0.717, 1.165) is 28.0 Å². The number of unbranched alkanes of at least 4 members (excludes halogenated alkanes) is 1. The Morgan fingerprint density at radius 3 is 3.14 bits per heavy atom. The molecular weight excluding hydrogens is 354 g/mol. The van der Waals surface area contributed by atoms with Gasteiger partial charge in [-0.05, 0) is 26.2 Å². The molecule has 1 atom stereocenters. The van der Waals surface area contributed by atoms with Crippen LogP contribution in [0.2, 0.25) is 0 Å². The highest BCUT2D eigenvalue weighted by Gasteiger charge is 2.16. The van der Waals surface area contributed by atoms with Gasteiger partial charge in [0.25, 0.3) is 0 Å². The van der Waals surface area contributed by atoms with Crippen molar-refractivity contribution >= 4 is 55.7 Å². The normalized spacial score (nSPS) is 17.4. The lowest BCUT2D eigenvalue weighted by atomic mass is 10.1. The van der Waals surface area contributed by atoms with Gasteiger partial charge in [-0.25, -0.2) is 4.98 Å². The summed E-state index contributed by atoms with van der Waals surface area (Å²) in [7, 11) is 3.96. The largest absolute Gasteiger partial charge is 0.302 e. The number of amides is 1. The summed E-state index contributed by atoms with van der Waals surface area (Å²) in [6.07, 6.45) is 5.14. The summed E-state index contributed by atoms with van der Waals surface area (Å²) >= 11 is 2.92. The number of aromatic nitrogens is 1. The van der Waals surface area contributed by atoms with Gasteiger partial charge in [0.1, 0.15) is 0 Å². The molecule has 0 aromatic carbocycles. The van der Waals surface area contributed by atoms with Gasteiger partial charge in [0, 0.05) is 17.4 Å². The molecule has 0 aliphatic carbocycles. The molecule has 0 spiro atoms. The second-order valence-electron chi connectivity index (χ2n) is 4.96. The van der Waals surface area contributed by atoms with Crippen LogP contribution < -0.4 is 5.32 Å². The van der Waals surface area contributed by atoms with Crippen molar-refractivity contribution in [2.75, 3.05) is 16.8 Å². The zero-order valence-electron chi connectivity index (χ0n) is 12.5. The Morgan fingerprint density at radius 2 is 2.41 bits per heavy atom. The van der Waals surface area contributed by atoms with Crippen LogP contribution in [-0.4, -0.2) is 27.6 Å². The lowest BCUT2D eigenvalue weighted by Crippen LogP contribution is -2.11. The van der Waals surface area contributed by atoms with E-state index >= 15 is 0 Å². The van der Waals surface area contributed by atoms with Crippen molar-refractivity contribution in [2.45, 2.75) is 48.5 Å². The Labute approximate surface area is 147 Å². The predicted octanol–water partition coefficient (Wildman–Crippen LogP) is 4.72. The second kappa shape index (κ2) is 9.71. The highest BCUT2D eigenvalue weighted by atomic mass is 33.1. The summed E-state index contributed by atoms with van der Waals surface area (Å²) in [5, 5.41) is 12.9. The van der Waals surface area contributed by atoms with Crippen molar-refractivity contribution in [3.8, 4) is 6.07 Å². The first kappa shape index (κ1) is 18.0. The Hall–Kier alpha value is -0.360. The zero-order chi connectivity index (χ0) is 15.8. The fourth-order valence-electron chi connectivity index (χ4n) is 2.07. The van der Waals surface area contributed by atoms with E-state index in [1.807, 2.05) is 28.5 Å². The van der Waals surface area contributed by atoms with E-state index in [1.54, 1.807) is 0 Å². The van der Waals surface area contributed by atoms with Crippen LogP contribution in [0.1, 0.15) is 37.8 Å². The van der Waals surface area contributed by atoms with Crippen molar-refractivity contribution in [3.63, 3.8) is 0 Å². The third-order valence-electron chi connectivity index (χ3n) is 3.18.